The van der Waals surface area contributed by atoms with E-state index in [0.29, 0.717) is 12.5 Å². The van der Waals surface area contributed by atoms with Gasteiger partial charge in [0.15, 0.2) is 0 Å². The minimum Gasteiger partial charge on any atom is -0.393 e. The number of amides is 1. The predicted molar refractivity (Wildman–Crippen MR) is 64.7 cm³/mol. The van der Waals surface area contributed by atoms with Gasteiger partial charge in [0.1, 0.15) is 0 Å². The zero-order valence-electron chi connectivity index (χ0n) is 10.0. The molecule has 90 valence electrons. The minimum atomic E-state index is -0.357. The highest BCUT2D eigenvalue weighted by atomic mass is 16.3. The molecule has 0 saturated heterocycles. The molecule has 1 unspecified atom stereocenters. The molecule has 1 fully saturated rings. The molecule has 1 saturated carbocycles. The van der Waals surface area contributed by atoms with Crippen LogP contribution in [0.4, 0.5) is 0 Å². The number of rotatable bonds is 3. The molecular formula is C14H17NO2. The monoisotopic (exact) mass is 231 g/mol. The smallest absolute Gasteiger partial charge is 0.254 e. The summed E-state index contributed by atoms with van der Waals surface area (Å²) >= 11 is 0. The van der Waals surface area contributed by atoms with Crippen LogP contribution in [-0.2, 0) is 13.0 Å². The molecule has 1 aromatic carbocycles. The van der Waals surface area contributed by atoms with Crippen molar-refractivity contribution < 1.29 is 9.90 Å². The van der Waals surface area contributed by atoms with E-state index in [1.165, 1.54) is 0 Å². The minimum absolute atomic E-state index is 0.176. The molecule has 1 N–H and O–H groups in total. The lowest BCUT2D eigenvalue weighted by Gasteiger charge is -2.13. The molecule has 2 aliphatic rings. The third-order valence-electron chi connectivity index (χ3n) is 3.52. The summed E-state index contributed by atoms with van der Waals surface area (Å²) in [7, 11) is 0. The normalized spacial score (nSPS) is 20.6. The van der Waals surface area contributed by atoms with Crippen LogP contribution >= 0.6 is 0 Å². The van der Waals surface area contributed by atoms with Crippen molar-refractivity contribution in [3.8, 4) is 0 Å². The summed E-state index contributed by atoms with van der Waals surface area (Å²) in [6.45, 7) is 2.54. The lowest BCUT2D eigenvalue weighted by Crippen LogP contribution is -2.25. The topological polar surface area (TPSA) is 40.5 Å². The fourth-order valence-electron chi connectivity index (χ4n) is 2.52. The highest BCUT2D eigenvalue weighted by Crippen LogP contribution is 2.34. The first-order valence-corrected chi connectivity index (χ1v) is 6.26. The van der Waals surface area contributed by atoms with Gasteiger partial charge in [-0.2, -0.15) is 0 Å². The first kappa shape index (κ1) is 10.8. The zero-order valence-corrected chi connectivity index (χ0v) is 10.0. The number of aliphatic hydroxyl groups is 1. The standard InChI is InChI=1S/C14H17NO2/c1-9(16)6-10-2-3-11-8-15(12-4-5-12)14(17)13(11)7-10/h2-3,7,9,12,16H,4-6,8H2,1H3. The van der Waals surface area contributed by atoms with Crippen molar-refractivity contribution in [3.05, 3.63) is 34.9 Å². The summed E-state index contributed by atoms with van der Waals surface area (Å²) in [5.41, 5.74) is 3.02. The second kappa shape index (κ2) is 3.84. The maximum absolute atomic E-state index is 12.2. The molecule has 0 aromatic heterocycles. The van der Waals surface area contributed by atoms with Gasteiger partial charge >= 0.3 is 0 Å². The first-order valence-electron chi connectivity index (χ1n) is 6.26. The Labute approximate surface area is 101 Å². The molecule has 1 aliphatic heterocycles. The summed E-state index contributed by atoms with van der Waals surface area (Å²) in [5.74, 6) is 0.176. The van der Waals surface area contributed by atoms with Gasteiger partial charge in [-0.15, -0.1) is 0 Å². The Balaban J connectivity index is 1.87. The van der Waals surface area contributed by atoms with Gasteiger partial charge in [-0.1, -0.05) is 12.1 Å². The van der Waals surface area contributed by atoms with Crippen LogP contribution in [0.1, 0.15) is 41.3 Å². The van der Waals surface area contributed by atoms with E-state index in [-0.39, 0.29) is 12.0 Å². The second-order valence-electron chi connectivity index (χ2n) is 5.21. The van der Waals surface area contributed by atoms with Crippen molar-refractivity contribution in [3.63, 3.8) is 0 Å². The third kappa shape index (κ3) is 1.95. The van der Waals surface area contributed by atoms with E-state index in [0.717, 1.165) is 36.1 Å². The van der Waals surface area contributed by atoms with E-state index in [9.17, 15) is 9.90 Å². The Morgan fingerprint density at radius 2 is 2.24 bits per heavy atom. The fourth-order valence-corrected chi connectivity index (χ4v) is 2.52. The molecule has 17 heavy (non-hydrogen) atoms. The van der Waals surface area contributed by atoms with Crippen molar-refractivity contribution >= 4 is 5.91 Å². The number of hydrogen-bond acceptors (Lipinski definition) is 2. The van der Waals surface area contributed by atoms with Gasteiger partial charge in [-0.05, 0) is 43.4 Å². The van der Waals surface area contributed by atoms with E-state index >= 15 is 0 Å². The maximum atomic E-state index is 12.2. The van der Waals surface area contributed by atoms with Gasteiger partial charge in [-0.3, -0.25) is 4.79 Å². The van der Waals surface area contributed by atoms with Gasteiger partial charge in [0.2, 0.25) is 0 Å². The molecule has 1 amide bonds. The summed E-state index contributed by atoms with van der Waals surface area (Å²) in [5, 5.41) is 9.38. The van der Waals surface area contributed by atoms with Crippen LogP contribution in [0.25, 0.3) is 0 Å². The Morgan fingerprint density at radius 3 is 2.88 bits per heavy atom. The Hall–Kier alpha value is -1.35. The number of carbonyl (C=O) groups is 1. The van der Waals surface area contributed by atoms with E-state index in [4.69, 9.17) is 0 Å². The Morgan fingerprint density at radius 1 is 1.47 bits per heavy atom. The summed E-state index contributed by atoms with van der Waals surface area (Å²) < 4.78 is 0. The Kier molecular flexibility index (Phi) is 2.44. The number of aliphatic hydroxyl groups excluding tert-OH is 1. The predicted octanol–water partition coefficient (Wildman–Crippen LogP) is 1.73. The lowest BCUT2D eigenvalue weighted by molar-refractivity contribution is 0.0766. The van der Waals surface area contributed by atoms with Crippen LogP contribution < -0.4 is 0 Å². The van der Waals surface area contributed by atoms with E-state index in [1.807, 2.05) is 23.1 Å². The quantitative estimate of drug-likeness (QED) is 0.860. The van der Waals surface area contributed by atoms with Gasteiger partial charge in [-0.25, -0.2) is 0 Å². The van der Waals surface area contributed by atoms with Crippen molar-refractivity contribution in [2.45, 2.75) is 44.9 Å². The van der Waals surface area contributed by atoms with Gasteiger partial charge in [0, 0.05) is 18.2 Å². The third-order valence-corrected chi connectivity index (χ3v) is 3.52. The summed E-state index contributed by atoms with van der Waals surface area (Å²) in [4.78, 5) is 14.2. The summed E-state index contributed by atoms with van der Waals surface area (Å²) in [6, 6.07) is 6.49. The molecule has 0 radical (unpaired) electrons. The number of hydrogen-bond donors (Lipinski definition) is 1. The van der Waals surface area contributed by atoms with E-state index in [2.05, 4.69) is 0 Å². The molecule has 3 heteroatoms. The van der Waals surface area contributed by atoms with Crippen LogP contribution in [-0.4, -0.2) is 28.1 Å². The lowest BCUT2D eigenvalue weighted by atomic mass is 10.0. The molecule has 0 spiro atoms. The average Bonchev–Trinajstić information content (AvgIpc) is 3.05. The number of fused-ring (bicyclic) bond motifs is 1. The zero-order chi connectivity index (χ0) is 12.0. The maximum Gasteiger partial charge on any atom is 0.254 e. The van der Waals surface area contributed by atoms with Crippen LogP contribution in [0.2, 0.25) is 0 Å². The molecule has 1 aromatic rings. The van der Waals surface area contributed by atoms with Crippen molar-refractivity contribution in [1.82, 2.24) is 4.90 Å². The van der Waals surface area contributed by atoms with E-state index in [1.54, 1.807) is 6.92 Å². The number of benzene rings is 1. The molecule has 1 atom stereocenters. The SMILES string of the molecule is CC(O)Cc1ccc2c(c1)C(=O)N(C1CC1)C2. The molecular weight excluding hydrogens is 214 g/mol. The molecule has 0 bridgehead atoms. The molecule has 3 rings (SSSR count). The van der Waals surface area contributed by atoms with Gasteiger partial charge < -0.3 is 10.0 Å². The highest BCUT2D eigenvalue weighted by molar-refractivity contribution is 5.98. The largest absolute Gasteiger partial charge is 0.393 e. The average molecular weight is 231 g/mol. The highest BCUT2D eigenvalue weighted by Gasteiger charge is 2.38. The van der Waals surface area contributed by atoms with Crippen LogP contribution in [0.3, 0.4) is 0 Å². The molecule has 1 heterocycles. The van der Waals surface area contributed by atoms with Gasteiger partial charge in [0.05, 0.1) is 6.10 Å². The van der Waals surface area contributed by atoms with Crippen molar-refractivity contribution in [1.29, 1.82) is 0 Å². The van der Waals surface area contributed by atoms with Crippen LogP contribution in [0.15, 0.2) is 18.2 Å². The summed E-state index contributed by atoms with van der Waals surface area (Å²) in [6.07, 6.45) is 2.56. The van der Waals surface area contributed by atoms with Crippen LogP contribution in [0, 0.1) is 0 Å². The second-order valence-corrected chi connectivity index (χ2v) is 5.21. The Bertz CT molecular complexity index is 463. The first-order chi connectivity index (χ1) is 8.15. The van der Waals surface area contributed by atoms with Crippen molar-refractivity contribution in [2.75, 3.05) is 0 Å². The molecule has 3 nitrogen and oxygen atoms in total. The number of nitrogens with zero attached hydrogens (tertiary/aromatic N) is 1. The molecule has 1 aliphatic carbocycles. The fraction of sp³-hybridized carbons (Fsp3) is 0.500. The van der Waals surface area contributed by atoms with Gasteiger partial charge in [0.25, 0.3) is 5.91 Å². The van der Waals surface area contributed by atoms with E-state index < -0.39 is 0 Å². The van der Waals surface area contributed by atoms with Crippen LogP contribution in [0.5, 0.6) is 0 Å². The number of carbonyl (C=O) groups excluding carboxylic acids is 1. The van der Waals surface area contributed by atoms with Crippen molar-refractivity contribution in [2.24, 2.45) is 0 Å².